The number of benzene rings is 1. The van der Waals surface area contributed by atoms with E-state index in [2.05, 4.69) is 0 Å². The van der Waals surface area contributed by atoms with Crippen LogP contribution in [0.5, 0.6) is 0 Å². The monoisotopic (exact) mass is 207 g/mol. The van der Waals surface area contributed by atoms with E-state index in [0.717, 1.165) is 5.56 Å². The van der Waals surface area contributed by atoms with Gasteiger partial charge >= 0.3 is 5.97 Å². The number of hydrogen-bond donors (Lipinski definition) is 0. The van der Waals surface area contributed by atoms with Crippen LogP contribution in [0.3, 0.4) is 0 Å². The van der Waals surface area contributed by atoms with Crippen molar-refractivity contribution in [2.75, 3.05) is 6.61 Å². The van der Waals surface area contributed by atoms with Crippen molar-refractivity contribution in [1.29, 1.82) is 0 Å². The molecule has 5 nitrogen and oxygen atoms in total. The molecule has 0 N–H and O–H groups in total. The number of non-ortho nitro benzene ring substituents is 1. The molecule has 1 atom stereocenters. The van der Waals surface area contributed by atoms with Crippen LogP contribution in [0.25, 0.3) is 0 Å². The van der Waals surface area contributed by atoms with E-state index < -0.39 is 4.92 Å². The van der Waals surface area contributed by atoms with Gasteiger partial charge in [0.1, 0.15) is 0 Å². The van der Waals surface area contributed by atoms with Crippen molar-refractivity contribution in [3.63, 3.8) is 0 Å². The Morgan fingerprint density at radius 2 is 2.00 bits per heavy atom. The molecule has 1 aliphatic rings. The van der Waals surface area contributed by atoms with Crippen molar-refractivity contribution >= 4 is 11.7 Å². The maximum Gasteiger partial charge on any atom is 0.313 e. The van der Waals surface area contributed by atoms with Gasteiger partial charge in [-0.15, -0.1) is 0 Å². The van der Waals surface area contributed by atoms with Crippen molar-refractivity contribution < 1.29 is 14.5 Å². The predicted octanol–water partition coefficient (Wildman–Crippen LogP) is 1.63. The molecule has 5 heteroatoms. The Morgan fingerprint density at radius 1 is 1.33 bits per heavy atom. The summed E-state index contributed by atoms with van der Waals surface area (Å²) in [5, 5.41) is 10.4. The Labute approximate surface area is 85.8 Å². The lowest BCUT2D eigenvalue weighted by atomic mass is 9.98. The maximum atomic E-state index is 11.2. The molecule has 2 rings (SSSR count). The summed E-state index contributed by atoms with van der Waals surface area (Å²) >= 11 is 0. The van der Waals surface area contributed by atoms with Gasteiger partial charge in [-0.25, -0.2) is 0 Å². The highest BCUT2D eigenvalue weighted by Gasteiger charge is 2.28. The van der Waals surface area contributed by atoms with Crippen LogP contribution in [0.4, 0.5) is 5.69 Å². The third-order valence-electron chi connectivity index (χ3n) is 2.44. The maximum absolute atomic E-state index is 11.2. The Hall–Kier alpha value is -1.91. The van der Waals surface area contributed by atoms with E-state index in [1.807, 2.05) is 0 Å². The summed E-state index contributed by atoms with van der Waals surface area (Å²) in [4.78, 5) is 21.2. The fourth-order valence-electron chi connectivity index (χ4n) is 1.63. The molecule has 0 spiro atoms. The van der Waals surface area contributed by atoms with Crippen molar-refractivity contribution in [3.8, 4) is 0 Å². The van der Waals surface area contributed by atoms with Gasteiger partial charge in [-0.2, -0.15) is 0 Å². The summed E-state index contributed by atoms with van der Waals surface area (Å²) < 4.78 is 4.82. The predicted molar refractivity (Wildman–Crippen MR) is 51.4 cm³/mol. The second kappa shape index (κ2) is 3.68. The number of carbonyl (C=O) groups is 1. The molecule has 1 fully saturated rings. The minimum absolute atomic E-state index is 0.0325. The van der Waals surface area contributed by atoms with E-state index >= 15 is 0 Å². The number of nitro groups is 1. The van der Waals surface area contributed by atoms with Gasteiger partial charge in [-0.1, -0.05) is 12.1 Å². The molecular formula is C10H9NO4. The van der Waals surface area contributed by atoms with Gasteiger partial charge in [-0.05, 0) is 12.0 Å². The average molecular weight is 207 g/mol. The van der Waals surface area contributed by atoms with Gasteiger partial charge in [0, 0.05) is 12.1 Å². The number of carbonyl (C=O) groups excluding carboxylic acids is 1. The largest absolute Gasteiger partial charge is 0.465 e. The molecule has 15 heavy (non-hydrogen) atoms. The average Bonchev–Trinajstić information content (AvgIpc) is 2.65. The molecule has 1 aromatic rings. The molecule has 0 aliphatic carbocycles. The van der Waals surface area contributed by atoms with E-state index in [1.54, 1.807) is 12.1 Å². The van der Waals surface area contributed by atoms with Crippen LogP contribution in [-0.2, 0) is 9.53 Å². The van der Waals surface area contributed by atoms with Crippen LogP contribution in [0.1, 0.15) is 17.9 Å². The fraction of sp³-hybridized carbons (Fsp3) is 0.300. The molecule has 0 radical (unpaired) electrons. The number of nitro benzene ring substituents is 1. The van der Waals surface area contributed by atoms with Gasteiger partial charge in [0.25, 0.3) is 5.69 Å². The summed E-state index contributed by atoms with van der Waals surface area (Å²) in [7, 11) is 0. The molecule has 1 saturated heterocycles. The Balaban J connectivity index is 2.23. The topological polar surface area (TPSA) is 69.4 Å². The zero-order valence-electron chi connectivity index (χ0n) is 7.88. The van der Waals surface area contributed by atoms with Crippen molar-refractivity contribution in [3.05, 3.63) is 39.9 Å². The number of ether oxygens (including phenoxy) is 1. The second-order valence-corrected chi connectivity index (χ2v) is 3.36. The van der Waals surface area contributed by atoms with Crippen molar-refractivity contribution in [2.24, 2.45) is 0 Å². The van der Waals surface area contributed by atoms with Gasteiger partial charge < -0.3 is 4.74 Å². The standard InChI is InChI=1S/C10H9NO4/c12-10-9(5-6-15-10)7-1-3-8(4-2-7)11(13)14/h1-4,9H,5-6H2. The van der Waals surface area contributed by atoms with E-state index in [9.17, 15) is 14.9 Å². The molecule has 0 aromatic heterocycles. The first-order valence-corrected chi connectivity index (χ1v) is 4.59. The molecule has 1 aromatic carbocycles. The summed E-state index contributed by atoms with van der Waals surface area (Å²) in [5.74, 6) is -0.505. The zero-order chi connectivity index (χ0) is 10.8. The fourth-order valence-corrected chi connectivity index (χ4v) is 1.63. The third kappa shape index (κ3) is 1.81. The molecule has 0 saturated carbocycles. The van der Waals surface area contributed by atoms with Crippen LogP contribution < -0.4 is 0 Å². The van der Waals surface area contributed by atoms with E-state index in [1.165, 1.54) is 12.1 Å². The van der Waals surface area contributed by atoms with Crippen molar-refractivity contribution in [2.45, 2.75) is 12.3 Å². The number of rotatable bonds is 2. The lowest BCUT2D eigenvalue weighted by molar-refractivity contribution is -0.384. The van der Waals surface area contributed by atoms with Gasteiger partial charge in [-0.3, -0.25) is 14.9 Å². The van der Waals surface area contributed by atoms with Crippen LogP contribution in [0, 0.1) is 10.1 Å². The Kier molecular flexibility index (Phi) is 2.37. The minimum Gasteiger partial charge on any atom is -0.465 e. The highest BCUT2D eigenvalue weighted by molar-refractivity contribution is 5.79. The zero-order valence-corrected chi connectivity index (χ0v) is 7.88. The first-order chi connectivity index (χ1) is 7.18. The molecule has 1 aliphatic heterocycles. The lowest BCUT2D eigenvalue weighted by Crippen LogP contribution is -2.05. The summed E-state index contributed by atoms with van der Waals surface area (Å²) in [6, 6.07) is 6.02. The van der Waals surface area contributed by atoms with Gasteiger partial charge in [0.15, 0.2) is 0 Å². The van der Waals surface area contributed by atoms with Gasteiger partial charge in [0.05, 0.1) is 17.4 Å². The van der Waals surface area contributed by atoms with Crippen LogP contribution in [0.2, 0.25) is 0 Å². The first-order valence-electron chi connectivity index (χ1n) is 4.59. The third-order valence-corrected chi connectivity index (χ3v) is 2.44. The van der Waals surface area contributed by atoms with E-state index in [0.29, 0.717) is 13.0 Å². The molecule has 78 valence electrons. The number of hydrogen-bond acceptors (Lipinski definition) is 4. The molecule has 1 heterocycles. The van der Waals surface area contributed by atoms with Crippen molar-refractivity contribution in [1.82, 2.24) is 0 Å². The molecule has 0 amide bonds. The smallest absolute Gasteiger partial charge is 0.313 e. The summed E-state index contributed by atoms with van der Waals surface area (Å²) in [6.07, 6.45) is 0.649. The van der Waals surface area contributed by atoms with Crippen LogP contribution >= 0.6 is 0 Å². The van der Waals surface area contributed by atoms with E-state index in [-0.39, 0.29) is 17.6 Å². The van der Waals surface area contributed by atoms with Crippen LogP contribution in [-0.4, -0.2) is 17.5 Å². The molecule has 1 unspecified atom stereocenters. The Morgan fingerprint density at radius 3 is 2.47 bits per heavy atom. The normalized spacial score (nSPS) is 20.0. The first kappa shape index (κ1) is 9.64. The van der Waals surface area contributed by atoms with Gasteiger partial charge in [0.2, 0.25) is 0 Å². The minimum atomic E-state index is -0.462. The number of esters is 1. The number of nitrogens with zero attached hydrogens (tertiary/aromatic N) is 1. The molecular weight excluding hydrogens is 198 g/mol. The molecule has 0 bridgehead atoms. The second-order valence-electron chi connectivity index (χ2n) is 3.36. The lowest BCUT2D eigenvalue weighted by Gasteiger charge is -2.04. The highest BCUT2D eigenvalue weighted by Crippen LogP contribution is 2.27. The summed E-state index contributed by atoms with van der Waals surface area (Å²) in [5.41, 5.74) is 0.813. The SMILES string of the molecule is O=C1OCCC1c1ccc([N+](=O)[O-])cc1. The number of cyclic esters (lactones) is 1. The summed E-state index contributed by atoms with van der Waals surface area (Å²) in [6.45, 7) is 0.431. The Bertz CT molecular complexity index is 398. The van der Waals surface area contributed by atoms with E-state index in [4.69, 9.17) is 4.74 Å². The quantitative estimate of drug-likeness (QED) is 0.419. The highest BCUT2D eigenvalue weighted by atomic mass is 16.6. The van der Waals surface area contributed by atoms with Crippen LogP contribution in [0.15, 0.2) is 24.3 Å².